The molecule has 0 spiro atoms. The summed E-state index contributed by atoms with van der Waals surface area (Å²) in [6.45, 7) is 8.66. The zero-order chi connectivity index (χ0) is 21.1. The van der Waals surface area contributed by atoms with Gasteiger partial charge in [-0.05, 0) is 38.5 Å². The number of morpholine rings is 1. The Morgan fingerprint density at radius 1 is 1.23 bits per heavy atom. The van der Waals surface area contributed by atoms with E-state index in [4.69, 9.17) is 13.9 Å². The molecule has 3 atom stereocenters. The van der Waals surface area contributed by atoms with E-state index in [0.29, 0.717) is 43.6 Å². The highest BCUT2D eigenvalue weighted by Gasteiger charge is 2.54. The lowest BCUT2D eigenvalue weighted by Gasteiger charge is -2.52. The van der Waals surface area contributed by atoms with Gasteiger partial charge in [0.2, 0.25) is 0 Å². The van der Waals surface area contributed by atoms with Gasteiger partial charge in [0.25, 0.3) is 5.91 Å². The van der Waals surface area contributed by atoms with Crippen molar-refractivity contribution in [1.29, 1.82) is 0 Å². The van der Waals surface area contributed by atoms with E-state index in [1.807, 2.05) is 13.8 Å². The molecule has 0 unspecified atom stereocenters. The van der Waals surface area contributed by atoms with E-state index in [2.05, 4.69) is 9.88 Å². The third-order valence-electron chi connectivity index (χ3n) is 7.18. The number of aryl methyl sites for hydroxylation is 1. The van der Waals surface area contributed by atoms with Gasteiger partial charge in [0.15, 0.2) is 12.1 Å². The number of fused-ring (bicyclic) bond motifs is 1. The van der Waals surface area contributed by atoms with E-state index < -0.39 is 5.41 Å². The second-order valence-electron chi connectivity index (χ2n) is 8.64. The summed E-state index contributed by atoms with van der Waals surface area (Å²) in [5.74, 6) is 0.537. The van der Waals surface area contributed by atoms with Crippen LogP contribution in [0.25, 0.3) is 0 Å². The van der Waals surface area contributed by atoms with Crippen LogP contribution >= 0.6 is 0 Å². The van der Waals surface area contributed by atoms with Crippen LogP contribution in [0.15, 0.2) is 10.8 Å². The minimum Gasteiger partial charge on any atom is -0.466 e. The molecular weight excluding hydrogens is 386 g/mol. The maximum atomic E-state index is 13.2. The standard InChI is InChI=1S/C22H33N3O5/c1-3-18-19(23-15-30-18)20(26)25-8-6-16-13-17(24-9-11-28-12-10-24)5-7-22(16,14-25)21(27)29-4-2/h15-17H,3-14H2,1-2H3/t16-,17+,22-/m1/s1. The molecule has 3 aliphatic rings. The molecule has 0 aromatic carbocycles. The fraction of sp³-hybridized carbons (Fsp3) is 0.773. The Kier molecular flexibility index (Phi) is 6.43. The summed E-state index contributed by atoms with van der Waals surface area (Å²) in [7, 11) is 0. The minimum absolute atomic E-state index is 0.141. The van der Waals surface area contributed by atoms with E-state index in [-0.39, 0.29) is 17.8 Å². The highest BCUT2D eigenvalue weighted by Crippen LogP contribution is 2.48. The van der Waals surface area contributed by atoms with Crippen molar-refractivity contribution in [1.82, 2.24) is 14.8 Å². The number of ether oxygens (including phenoxy) is 2. The van der Waals surface area contributed by atoms with E-state index in [1.165, 1.54) is 6.39 Å². The van der Waals surface area contributed by atoms with Gasteiger partial charge < -0.3 is 18.8 Å². The summed E-state index contributed by atoms with van der Waals surface area (Å²) in [6.07, 6.45) is 5.42. The number of hydrogen-bond acceptors (Lipinski definition) is 7. The molecule has 30 heavy (non-hydrogen) atoms. The van der Waals surface area contributed by atoms with Crippen molar-refractivity contribution >= 4 is 11.9 Å². The second-order valence-corrected chi connectivity index (χ2v) is 8.64. The number of amides is 1. The average molecular weight is 420 g/mol. The number of rotatable bonds is 5. The maximum absolute atomic E-state index is 13.2. The van der Waals surface area contributed by atoms with E-state index >= 15 is 0 Å². The van der Waals surface area contributed by atoms with E-state index in [0.717, 1.165) is 52.0 Å². The topological polar surface area (TPSA) is 85.1 Å². The van der Waals surface area contributed by atoms with Gasteiger partial charge in [0.05, 0.1) is 25.2 Å². The summed E-state index contributed by atoms with van der Waals surface area (Å²) in [6, 6.07) is 0.478. The first-order valence-electron chi connectivity index (χ1n) is 11.3. The first kappa shape index (κ1) is 21.3. The molecule has 1 saturated carbocycles. The van der Waals surface area contributed by atoms with Crippen LogP contribution in [0.3, 0.4) is 0 Å². The summed E-state index contributed by atoms with van der Waals surface area (Å²) >= 11 is 0. The number of esters is 1. The van der Waals surface area contributed by atoms with Gasteiger partial charge in [0, 0.05) is 38.6 Å². The fourth-order valence-electron chi connectivity index (χ4n) is 5.54. The number of aromatic nitrogens is 1. The highest BCUT2D eigenvalue weighted by molar-refractivity contribution is 5.94. The first-order chi connectivity index (χ1) is 14.6. The van der Waals surface area contributed by atoms with Crippen LogP contribution in [-0.4, -0.2) is 78.7 Å². The van der Waals surface area contributed by atoms with E-state index in [9.17, 15) is 9.59 Å². The third-order valence-corrected chi connectivity index (χ3v) is 7.18. The predicted octanol–water partition coefficient (Wildman–Crippen LogP) is 2.13. The van der Waals surface area contributed by atoms with Crippen molar-refractivity contribution in [2.75, 3.05) is 46.0 Å². The van der Waals surface area contributed by atoms with Crippen LogP contribution < -0.4 is 0 Å². The van der Waals surface area contributed by atoms with Crippen molar-refractivity contribution in [3.8, 4) is 0 Å². The number of piperidine rings is 1. The summed E-state index contributed by atoms with van der Waals surface area (Å²) in [4.78, 5) is 34.8. The lowest BCUT2D eigenvalue weighted by Crippen LogP contribution is -2.59. The maximum Gasteiger partial charge on any atom is 0.314 e. The smallest absolute Gasteiger partial charge is 0.314 e. The van der Waals surface area contributed by atoms with Crippen molar-refractivity contribution in [3.63, 3.8) is 0 Å². The molecule has 0 N–H and O–H groups in total. The normalized spacial score (nSPS) is 30.0. The molecule has 8 nitrogen and oxygen atoms in total. The van der Waals surface area contributed by atoms with Gasteiger partial charge in [-0.15, -0.1) is 0 Å². The molecule has 1 aromatic heterocycles. The lowest BCUT2D eigenvalue weighted by molar-refractivity contribution is -0.168. The summed E-state index contributed by atoms with van der Waals surface area (Å²) in [5.41, 5.74) is -0.250. The summed E-state index contributed by atoms with van der Waals surface area (Å²) < 4.78 is 16.4. The Balaban J connectivity index is 1.53. The van der Waals surface area contributed by atoms with Crippen molar-refractivity contribution < 1.29 is 23.5 Å². The average Bonchev–Trinajstić information content (AvgIpc) is 3.27. The zero-order valence-corrected chi connectivity index (χ0v) is 18.1. The second kappa shape index (κ2) is 9.06. The Labute approximate surface area is 177 Å². The number of carbonyl (C=O) groups excluding carboxylic acids is 2. The van der Waals surface area contributed by atoms with Gasteiger partial charge in [-0.2, -0.15) is 0 Å². The molecule has 4 rings (SSSR count). The molecule has 166 valence electrons. The van der Waals surface area contributed by atoms with Gasteiger partial charge >= 0.3 is 5.97 Å². The number of likely N-dealkylation sites (tertiary alicyclic amines) is 1. The van der Waals surface area contributed by atoms with Crippen molar-refractivity contribution in [3.05, 3.63) is 17.8 Å². The fourth-order valence-corrected chi connectivity index (χ4v) is 5.54. The Morgan fingerprint density at radius 3 is 2.77 bits per heavy atom. The van der Waals surface area contributed by atoms with Gasteiger partial charge in [0.1, 0.15) is 5.76 Å². The van der Waals surface area contributed by atoms with Crippen LogP contribution in [0.2, 0.25) is 0 Å². The molecule has 8 heteroatoms. The molecule has 1 amide bonds. The van der Waals surface area contributed by atoms with Crippen LogP contribution in [0.5, 0.6) is 0 Å². The summed E-state index contributed by atoms with van der Waals surface area (Å²) in [5, 5.41) is 0. The Morgan fingerprint density at radius 2 is 2.03 bits per heavy atom. The van der Waals surface area contributed by atoms with Crippen molar-refractivity contribution in [2.45, 2.75) is 52.0 Å². The molecule has 3 heterocycles. The molecular formula is C22H33N3O5. The number of nitrogens with zero attached hydrogens (tertiary/aromatic N) is 3. The van der Waals surface area contributed by atoms with Crippen LogP contribution in [-0.2, 0) is 20.7 Å². The lowest BCUT2D eigenvalue weighted by atomic mass is 9.61. The van der Waals surface area contributed by atoms with Crippen molar-refractivity contribution in [2.24, 2.45) is 11.3 Å². The Bertz CT molecular complexity index is 760. The minimum atomic E-state index is -0.622. The van der Waals surface area contributed by atoms with Gasteiger partial charge in [-0.25, -0.2) is 4.98 Å². The molecule has 3 fully saturated rings. The van der Waals surface area contributed by atoms with Crippen LogP contribution in [0, 0.1) is 11.3 Å². The number of hydrogen-bond donors (Lipinski definition) is 0. The molecule has 0 radical (unpaired) electrons. The van der Waals surface area contributed by atoms with Gasteiger partial charge in [-0.3, -0.25) is 14.5 Å². The van der Waals surface area contributed by atoms with E-state index in [1.54, 1.807) is 4.90 Å². The Hall–Kier alpha value is -1.93. The molecule has 2 saturated heterocycles. The monoisotopic (exact) mass is 419 g/mol. The quantitative estimate of drug-likeness (QED) is 0.676. The van der Waals surface area contributed by atoms with Gasteiger partial charge in [-0.1, -0.05) is 6.92 Å². The molecule has 2 aliphatic heterocycles. The molecule has 1 aliphatic carbocycles. The first-order valence-corrected chi connectivity index (χ1v) is 11.3. The largest absolute Gasteiger partial charge is 0.466 e. The predicted molar refractivity (Wildman–Crippen MR) is 109 cm³/mol. The van der Waals surface area contributed by atoms with Crippen LogP contribution in [0.1, 0.15) is 55.8 Å². The molecule has 1 aromatic rings. The number of oxazole rings is 1. The zero-order valence-electron chi connectivity index (χ0n) is 18.1. The van der Waals surface area contributed by atoms with Crippen LogP contribution in [0.4, 0.5) is 0 Å². The number of carbonyl (C=O) groups is 2. The SMILES string of the molecule is CCOC(=O)[C@@]12CC[C@H](N3CCOCC3)C[C@H]1CCN(C(=O)c1ncoc1CC)C2. The molecule has 0 bridgehead atoms. The highest BCUT2D eigenvalue weighted by atomic mass is 16.5. The third kappa shape index (κ3) is 3.87.